The van der Waals surface area contributed by atoms with E-state index in [4.69, 9.17) is 4.98 Å². The Bertz CT molecular complexity index is 1310. The minimum absolute atomic E-state index is 0.132. The van der Waals surface area contributed by atoms with Gasteiger partial charge >= 0.3 is 0 Å². The van der Waals surface area contributed by atoms with Crippen LogP contribution in [0.1, 0.15) is 43.2 Å². The third kappa shape index (κ3) is 5.01. The van der Waals surface area contributed by atoms with Gasteiger partial charge in [-0.1, -0.05) is 19.9 Å². The van der Waals surface area contributed by atoms with Crippen LogP contribution >= 0.6 is 0 Å². The summed E-state index contributed by atoms with van der Waals surface area (Å²) in [4.78, 5) is 29.2. The van der Waals surface area contributed by atoms with Crippen molar-refractivity contribution in [3.05, 3.63) is 66.6 Å². The van der Waals surface area contributed by atoms with Crippen LogP contribution in [0.15, 0.2) is 60.9 Å². The highest BCUT2D eigenvalue weighted by Crippen LogP contribution is 2.28. The zero-order chi connectivity index (χ0) is 24.9. The molecule has 1 fully saturated rings. The van der Waals surface area contributed by atoms with Gasteiger partial charge in [0.25, 0.3) is 5.91 Å². The number of piperazine rings is 1. The Morgan fingerprint density at radius 1 is 1.06 bits per heavy atom. The van der Waals surface area contributed by atoms with Crippen LogP contribution in [0.5, 0.6) is 0 Å². The van der Waals surface area contributed by atoms with Crippen molar-refractivity contribution in [3.63, 3.8) is 0 Å². The summed E-state index contributed by atoms with van der Waals surface area (Å²) in [6.07, 6.45) is 5.19. The Labute approximate surface area is 211 Å². The van der Waals surface area contributed by atoms with Crippen LogP contribution in [0, 0.1) is 0 Å². The number of amides is 1. The minimum Gasteiger partial charge on any atom is -0.369 e. The number of hydrogen-bond acceptors (Lipinski definition) is 7. The van der Waals surface area contributed by atoms with Crippen LogP contribution in [0.25, 0.3) is 11.0 Å². The van der Waals surface area contributed by atoms with Gasteiger partial charge in [-0.15, -0.1) is 0 Å². The van der Waals surface area contributed by atoms with Gasteiger partial charge in [0.15, 0.2) is 0 Å². The van der Waals surface area contributed by atoms with E-state index in [9.17, 15) is 4.79 Å². The minimum atomic E-state index is -0.211. The van der Waals surface area contributed by atoms with E-state index in [1.165, 1.54) is 5.69 Å². The SMILES string of the molecule is CCC(CC)n1c(C(=O)Nc2ccccn2)cc2cnc(Nc3ccc(N4CCNCC4)cc3)nc21. The van der Waals surface area contributed by atoms with Crippen molar-refractivity contribution < 1.29 is 4.79 Å². The monoisotopic (exact) mass is 484 g/mol. The smallest absolute Gasteiger partial charge is 0.273 e. The molecule has 0 saturated carbocycles. The summed E-state index contributed by atoms with van der Waals surface area (Å²) in [7, 11) is 0. The van der Waals surface area contributed by atoms with Gasteiger partial charge in [-0.05, 0) is 55.3 Å². The molecule has 1 amide bonds. The van der Waals surface area contributed by atoms with Crippen molar-refractivity contribution in [1.29, 1.82) is 0 Å². The molecule has 186 valence electrons. The molecular weight excluding hydrogens is 452 g/mol. The molecule has 0 spiro atoms. The van der Waals surface area contributed by atoms with Gasteiger partial charge < -0.3 is 25.4 Å². The highest BCUT2D eigenvalue weighted by molar-refractivity contribution is 6.05. The molecule has 0 aliphatic carbocycles. The third-order valence-electron chi connectivity index (χ3n) is 6.63. The number of fused-ring (bicyclic) bond motifs is 1. The van der Waals surface area contributed by atoms with Crippen molar-refractivity contribution in [2.24, 2.45) is 0 Å². The van der Waals surface area contributed by atoms with Gasteiger partial charge in [0.1, 0.15) is 17.2 Å². The molecule has 5 rings (SSSR count). The second kappa shape index (κ2) is 10.7. The number of nitrogens with zero attached hydrogens (tertiary/aromatic N) is 5. The molecular formula is C27H32N8O. The van der Waals surface area contributed by atoms with Crippen LogP contribution in [0.2, 0.25) is 0 Å². The molecule has 1 aliphatic rings. The summed E-state index contributed by atoms with van der Waals surface area (Å²) in [6, 6.07) is 15.8. The zero-order valence-electron chi connectivity index (χ0n) is 20.7. The summed E-state index contributed by atoms with van der Waals surface area (Å²) in [5.41, 5.74) is 3.42. The summed E-state index contributed by atoms with van der Waals surface area (Å²) in [5.74, 6) is 0.803. The Balaban J connectivity index is 1.43. The van der Waals surface area contributed by atoms with Crippen LogP contribution in [-0.2, 0) is 0 Å². The lowest BCUT2D eigenvalue weighted by Gasteiger charge is -2.29. The Morgan fingerprint density at radius 2 is 1.83 bits per heavy atom. The topological polar surface area (TPSA) is 100 Å². The number of pyridine rings is 1. The van der Waals surface area contributed by atoms with Crippen LogP contribution < -0.4 is 20.9 Å². The second-order valence-corrected chi connectivity index (χ2v) is 8.92. The fourth-order valence-corrected chi connectivity index (χ4v) is 4.69. The average Bonchev–Trinajstić information content (AvgIpc) is 3.30. The van der Waals surface area contributed by atoms with E-state index in [0.717, 1.165) is 55.7 Å². The molecule has 4 heterocycles. The average molecular weight is 485 g/mol. The van der Waals surface area contributed by atoms with Gasteiger partial charge in [-0.3, -0.25) is 4.79 Å². The van der Waals surface area contributed by atoms with E-state index in [2.05, 4.69) is 68.9 Å². The zero-order valence-corrected chi connectivity index (χ0v) is 20.7. The van der Waals surface area contributed by atoms with Gasteiger partial charge in [0, 0.05) is 61.4 Å². The van der Waals surface area contributed by atoms with Gasteiger partial charge in [0.2, 0.25) is 5.95 Å². The van der Waals surface area contributed by atoms with Gasteiger partial charge in [0.05, 0.1) is 0 Å². The summed E-state index contributed by atoms with van der Waals surface area (Å²) < 4.78 is 2.04. The molecule has 9 nitrogen and oxygen atoms in total. The second-order valence-electron chi connectivity index (χ2n) is 8.92. The summed E-state index contributed by atoms with van der Waals surface area (Å²) >= 11 is 0. The number of carbonyl (C=O) groups excluding carboxylic acids is 1. The number of nitrogens with one attached hydrogen (secondary N) is 3. The lowest BCUT2D eigenvalue weighted by Crippen LogP contribution is -2.43. The normalized spacial score (nSPS) is 13.8. The maximum absolute atomic E-state index is 13.2. The van der Waals surface area contributed by atoms with Crippen molar-refractivity contribution in [3.8, 4) is 0 Å². The molecule has 0 radical (unpaired) electrons. The van der Waals surface area contributed by atoms with Crippen molar-refractivity contribution in [2.75, 3.05) is 41.7 Å². The molecule has 3 N–H and O–H groups in total. The van der Waals surface area contributed by atoms with Crippen LogP contribution in [0.3, 0.4) is 0 Å². The quantitative estimate of drug-likeness (QED) is 0.336. The van der Waals surface area contributed by atoms with Crippen molar-refractivity contribution >= 4 is 40.1 Å². The molecule has 36 heavy (non-hydrogen) atoms. The number of rotatable bonds is 8. The molecule has 1 aromatic carbocycles. The highest BCUT2D eigenvalue weighted by atomic mass is 16.2. The van der Waals surface area contributed by atoms with Crippen molar-refractivity contribution in [1.82, 2.24) is 24.8 Å². The standard InChI is InChI=1S/C27H32N8O/c1-3-21(4-2)35-23(26(36)32-24-7-5-6-12-29-24)17-19-18-30-27(33-25(19)35)31-20-8-10-22(11-9-20)34-15-13-28-14-16-34/h5-12,17-18,21,28H,3-4,13-16H2,1-2H3,(H,29,32,36)(H,30,31,33). The Hall–Kier alpha value is -3.98. The number of aromatic nitrogens is 4. The van der Waals surface area contributed by atoms with Crippen molar-refractivity contribution in [2.45, 2.75) is 32.7 Å². The maximum atomic E-state index is 13.2. The molecule has 1 aliphatic heterocycles. The fraction of sp³-hybridized carbons (Fsp3) is 0.333. The van der Waals surface area contributed by atoms with Gasteiger partial charge in [-0.2, -0.15) is 4.98 Å². The molecule has 1 saturated heterocycles. The molecule has 9 heteroatoms. The van der Waals surface area contributed by atoms with Crippen LogP contribution in [-0.4, -0.2) is 51.6 Å². The number of carbonyl (C=O) groups is 1. The third-order valence-corrected chi connectivity index (χ3v) is 6.63. The van der Waals surface area contributed by atoms with E-state index in [1.54, 1.807) is 18.5 Å². The van der Waals surface area contributed by atoms with E-state index >= 15 is 0 Å². The van der Waals surface area contributed by atoms with E-state index in [1.807, 2.05) is 22.8 Å². The largest absolute Gasteiger partial charge is 0.369 e. The van der Waals surface area contributed by atoms with E-state index in [-0.39, 0.29) is 11.9 Å². The van der Waals surface area contributed by atoms with E-state index in [0.29, 0.717) is 17.5 Å². The molecule has 0 atom stereocenters. The molecule has 3 aromatic heterocycles. The molecule has 0 bridgehead atoms. The first-order valence-electron chi connectivity index (χ1n) is 12.6. The first-order valence-corrected chi connectivity index (χ1v) is 12.6. The fourth-order valence-electron chi connectivity index (χ4n) is 4.69. The highest BCUT2D eigenvalue weighted by Gasteiger charge is 2.22. The first kappa shape index (κ1) is 23.7. The number of anilines is 4. The van der Waals surface area contributed by atoms with Crippen LogP contribution in [0.4, 0.5) is 23.1 Å². The number of benzene rings is 1. The molecule has 0 unspecified atom stereocenters. The predicted octanol–water partition coefficient (Wildman–Crippen LogP) is 4.59. The summed E-state index contributed by atoms with van der Waals surface area (Å²) in [6.45, 7) is 8.28. The first-order chi connectivity index (χ1) is 17.7. The Kier molecular flexibility index (Phi) is 7.08. The van der Waals surface area contributed by atoms with Gasteiger partial charge in [-0.25, -0.2) is 9.97 Å². The number of hydrogen-bond donors (Lipinski definition) is 3. The summed E-state index contributed by atoms with van der Waals surface area (Å²) in [5, 5.41) is 10.4. The lowest BCUT2D eigenvalue weighted by atomic mass is 10.1. The predicted molar refractivity (Wildman–Crippen MR) is 144 cm³/mol. The molecule has 4 aromatic rings. The lowest BCUT2D eigenvalue weighted by molar-refractivity contribution is 0.101. The van der Waals surface area contributed by atoms with E-state index < -0.39 is 0 Å². The maximum Gasteiger partial charge on any atom is 0.273 e. The Morgan fingerprint density at radius 3 is 2.53 bits per heavy atom.